The fourth-order valence-corrected chi connectivity index (χ4v) is 5.42. The van der Waals surface area contributed by atoms with Crippen molar-refractivity contribution < 1.29 is 28.5 Å². The molecule has 0 aliphatic carbocycles. The standard InChI is InChI=1S/C32H31NO6S2/c1-36-27-12-10-21(16-29(27)38-3)14-24-18-33(32(40)41-20-26(34)23-8-6-5-7-9-23)19-25(31(24)35)15-22-11-13-28(37-2)30(17-22)39-4/h5-17H,18-20H2,1-4H3/b24-14+,25-15+. The van der Waals surface area contributed by atoms with E-state index in [0.29, 0.717) is 57.1 Å². The molecule has 41 heavy (non-hydrogen) atoms. The summed E-state index contributed by atoms with van der Waals surface area (Å²) >= 11 is 7.05. The smallest absolute Gasteiger partial charge is 0.188 e. The summed E-state index contributed by atoms with van der Waals surface area (Å²) in [4.78, 5) is 28.4. The van der Waals surface area contributed by atoms with Crippen molar-refractivity contribution >= 4 is 52.0 Å². The van der Waals surface area contributed by atoms with E-state index in [-0.39, 0.29) is 17.3 Å². The molecule has 1 fully saturated rings. The number of Topliss-reactive ketones (excluding diaryl/α,β-unsaturated/α-hetero) is 2. The lowest BCUT2D eigenvalue weighted by molar-refractivity contribution is -0.113. The third-order valence-corrected chi connectivity index (χ3v) is 8.01. The molecule has 0 saturated carbocycles. The van der Waals surface area contributed by atoms with E-state index in [4.69, 9.17) is 31.2 Å². The molecule has 0 amide bonds. The van der Waals surface area contributed by atoms with Crippen molar-refractivity contribution in [3.8, 4) is 23.0 Å². The number of methoxy groups -OCH3 is 4. The average Bonchev–Trinajstić information content (AvgIpc) is 3.01. The molecule has 0 aromatic heterocycles. The van der Waals surface area contributed by atoms with Crippen molar-refractivity contribution in [3.63, 3.8) is 0 Å². The number of thiocarbonyl (C=S) groups is 1. The topological polar surface area (TPSA) is 74.3 Å². The van der Waals surface area contributed by atoms with Crippen LogP contribution in [0.2, 0.25) is 0 Å². The van der Waals surface area contributed by atoms with E-state index in [9.17, 15) is 9.59 Å². The molecular formula is C32H31NO6S2. The maximum absolute atomic E-state index is 13.7. The quantitative estimate of drug-likeness (QED) is 0.170. The minimum Gasteiger partial charge on any atom is -0.493 e. The Hall–Kier alpha value is -4.08. The Balaban J connectivity index is 1.65. The van der Waals surface area contributed by atoms with Gasteiger partial charge < -0.3 is 23.8 Å². The molecule has 3 aromatic carbocycles. The lowest BCUT2D eigenvalue weighted by atomic mass is 9.94. The first-order chi connectivity index (χ1) is 19.9. The Labute approximate surface area is 249 Å². The van der Waals surface area contributed by atoms with Gasteiger partial charge in [0.05, 0.1) is 34.2 Å². The summed E-state index contributed by atoms with van der Waals surface area (Å²) < 4.78 is 22.1. The summed E-state index contributed by atoms with van der Waals surface area (Å²) in [5.74, 6) is 2.44. The number of piperidine rings is 1. The summed E-state index contributed by atoms with van der Waals surface area (Å²) in [6, 6.07) is 20.1. The van der Waals surface area contributed by atoms with E-state index in [0.717, 1.165) is 11.1 Å². The van der Waals surface area contributed by atoms with Gasteiger partial charge in [-0.25, -0.2) is 0 Å². The van der Waals surface area contributed by atoms with Crippen LogP contribution in [-0.2, 0) is 4.79 Å². The summed E-state index contributed by atoms with van der Waals surface area (Å²) in [6.07, 6.45) is 3.67. The van der Waals surface area contributed by atoms with Crippen LogP contribution in [0.25, 0.3) is 12.2 Å². The lowest BCUT2D eigenvalue weighted by Gasteiger charge is -2.31. The zero-order chi connectivity index (χ0) is 29.4. The molecule has 4 rings (SSSR count). The first-order valence-corrected chi connectivity index (χ1v) is 14.2. The largest absolute Gasteiger partial charge is 0.493 e. The van der Waals surface area contributed by atoms with Gasteiger partial charge in [-0.2, -0.15) is 0 Å². The molecule has 0 spiro atoms. The van der Waals surface area contributed by atoms with Crippen LogP contribution in [0.4, 0.5) is 0 Å². The van der Waals surface area contributed by atoms with Gasteiger partial charge in [-0.15, -0.1) is 0 Å². The van der Waals surface area contributed by atoms with Gasteiger partial charge in [-0.05, 0) is 47.5 Å². The van der Waals surface area contributed by atoms with Crippen LogP contribution in [0.3, 0.4) is 0 Å². The van der Waals surface area contributed by atoms with Gasteiger partial charge in [0, 0.05) is 29.8 Å². The molecule has 1 aliphatic rings. The SMILES string of the molecule is COc1ccc(/C=C2\CN(C(=S)SCC(=O)c3ccccc3)C/C(=C\c3ccc(OC)c(OC)c3)C2=O)cc1OC. The van der Waals surface area contributed by atoms with E-state index in [1.165, 1.54) is 11.8 Å². The highest BCUT2D eigenvalue weighted by Crippen LogP contribution is 2.32. The Kier molecular flexibility index (Phi) is 10.2. The normalized spacial score (nSPS) is 15.1. The van der Waals surface area contributed by atoms with Crippen LogP contribution in [0, 0.1) is 0 Å². The van der Waals surface area contributed by atoms with E-state index in [1.54, 1.807) is 52.7 Å². The molecule has 3 aromatic rings. The third-order valence-electron chi connectivity index (χ3n) is 6.48. The third kappa shape index (κ3) is 7.36. The van der Waals surface area contributed by atoms with E-state index in [1.807, 2.05) is 59.5 Å². The number of nitrogens with zero attached hydrogens (tertiary/aromatic N) is 1. The number of likely N-dealkylation sites (tertiary alicyclic amines) is 1. The average molecular weight is 590 g/mol. The lowest BCUT2D eigenvalue weighted by Crippen LogP contribution is -2.40. The summed E-state index contributed by atoms with van der Waals surface area (Å²) in [7, 11) is 6.28. The second kappa shape index (κ2) is 14.0. The predicted molar refractivity (Wildman–Crippen MR) is 167 cm³/mol. The summed E-state index contributed by atoms with van der Waals surface area (Å²) in [5, 5.41) is 0. The minimum absolute atomic E-state index is 0.00628. The van der Waals surface area contributed by atoms with Crippen molar-refractivity contribution in [2.75, 3.05) is 47.3 Å². The second-order valence-electron chi connectivity index (χ2n) is 9.10. The van der Waals surface area contributed by atoms with Crippen molar-refractivity contribution in [3.05, 3.63) is 94.6 Å². The van der Waals surface area contributed by atoms with Crippen molar-refractivity contribution in [2.24, 2.45) is 0 Å². The minimum atomic E-state index is -0.0843. The molecule has 0 unspecified atom stereocenters. The zero-order valence-corrected chi connectivity index (χ0v) is 25.0. The Morgan fingerprint density at radius 2 is 1.27 bits per heavy atom. The van der Waals surface area contributed by atoms with E-state index in [2.05, 4.69) is 0 Å². The molecule has 1 saturated heterocycles. The fraction of sp³-hybridized carbons (Fsp3) is 0.219. The van der Waals surface area contributed by atoms with Gasteiger partial charge in [-0.3, -0.25) is 9.59 Å². The molecule has 1 aliphatic heterocycles. The Morgan fingerprint density at radius 1 is 0.780 bits per heavy atom. The number of ether oxygens (including phenoxy) is 4. The fourth-order valence-electron chi connectivity index (χ4n) is 4.38. The predicted octanol–water partition coefficient (Wildman–Crippen LogP) is 5.97. The number of hydrogen-bond donors (Lipinski definition) is 0. The number of carbonyl (C=O) groups excluding carboxylic acids is 2. The number of carbonyl (C=O) groups is 2. The molecular weight excluding hydrogens is 558 g/mol. The van der Waals surface area contributed by atoms with Crippen molar-refractivity contribution in [1.82, 2.24) is 4.90 Å². The highest BCUT2D eigenvalue weighted by atomic mass is 32.2. The van der Waals surface area contributed by atoms with E-state index >= 15 is 0 Å². The van der Waals surface area contributed by atoms with Crippen LogP contribution in [-0.4, -0.2) is 68.1 Å². The number of hydrogen-bond acceptors (Lipinski definition) is 8. The number of benzene rings is 3. The van der Waals surface area contributed by atoms with Gasteiger partial charge in [0.25, 0.3) is 0 Å². The monoisotopic (exact) mass is 589 g/mol. The molecule has 212 valence electrons. The van der Waals surface area contributed by atoms with Gasteiger partial charge in [-0.1, -0.05) is 66.4 Å². The molecule has 0 atom stereocenters. The molecule has 1 heterocycles. The van der Waals surface area contributed by atoms with Gasteiger partial charge in [0.15, 0.2) is 34.6 Å². The maximum atomic E-state index is 13.7. The zero-order valence-electron chi connectivity index (χ0n) is 23.3. The number of rotatable bonds is 9. The molecule has 0 N–H and O–H groups in total. The molecule has 7 nitrogen and oxygen atoms in total. The molecule has 0 radical (unpaired) electrons. The van der Waals surface area contributed by atoms with E-state index < -0.39 is 0 Å². The highest BCUT2D eigenvalue weighted by Gasteiger charge is 2.28. The van der Waals surface area contributed by atoms with Crippen LogP contribution in [0.5, 0.6) is 23.0 Å². The molecule has 9 heteroatoms. The van der Waals surface area contributed by atoms with Gasteiger partial charge in [0.1, 0.15) is 4.32 Å². The number of ketones is 2. The van der Waals surface area contributed by atoms with Crippen LogP contribution in [0.1, 0.15) is 21.5 Å². The molecule has 0 bridgehead atoms. The second-order valence-corrected chi connectivity index (χ2v) is 10.7. The Morgan fingerprint density at radius 3 is 1.73 bits per heavy atom. The highest BCUT2D eigenvalue weighted by molar-refractivity contribution is 8.23. The van der Waals surface area contributed by atoms with Crippen molar-refractivity contribution in [1.29, 1.82) is 0 Å². The number of thioether (sulfide) groups is 1. The van der Waals surface area contributed by atoms with Gasteiger partial charge >= 0.3 is 0 Å². The van der Waals surface area contributed by atoms with Crippen molar-refractivity contribution in [2.45, 2.75) is 0 Å². The van der Waals surface area contributed by atoms with Gasteiger partial charge in [0.2, 0.25) is 0 Å². The Bertz CT molecular complexity index is 1420. The van der Waals surface area contributed by atoms with Crippen LogP contribution >= 0.6 is 24.0 Å². The first-order valence-electron chi connectivity index (χ1n) is 12.8. The summed E-state index contributed by atoms with van der Waals surface area (Å²) in [6.45, 7) is 0.615. The first kappa shape index (κ1) is 29.9. The maximum Gasteiger partial charge on any atom is 0.188 e. The van der Waals surface area contributed by atoms with Crippen LogP contribution in [0.15, 0.2) is 77.9 Å². The van der Waals surface area contributed by atoms with Crippen LogP contribution < -0.4 is 18.9 Å². The summed E-state index contributed by atoms with van der Waals surface area (Å²) in [5.41, 5.74) is 3.34.